The lowest BCUT2D eigenvalue weighted by Crippen LogP contribution is -2.06. The van der Waals surface area contributed by atoms with Crippen molar-refractivity contribution in [2.45, 2.75) is 32.9 Å². The predicted molar refractivity (Wildman–Crippen MR) is 57.5 cm³/mol. The zero-order chi connectivity index (χ0) is 10.6. The lowest BCUT2D eigenvalue weighted by atomic mass is 10.2. The van der Waals surface area contributed by atoms with Gasteiger partial charge in [0, 0.05) is 12.6 Å². The molecule has 1 rings (SSSR count). The van der Waals surface area contributed by atoms with Crippen LogP contribution >= 0.6 is 0 Å². The fourth-order valence-corrected chi connectivity index (χ4v) is 1.33. The van der Waals surface area contributed by atoms with E-state index in [1.807, 2.05) is 11.5 Å². The number of nitrogens with two attached hydrogens (primary N) is 2. The smallest absolute Gasteiger partial charge is 0.158 e. The second-order valence-corrected chi connectivity index (χ2v) is 3.21. The van der Waals surface area contributed by atoms with Crippen molar-refractivity contribution in [2.75, 3.05) is 0 Å². The number of aromatic nitrogens is 2. The number of hydrogen-bond donors (Lipinski definition) is 2. The molecule has 1 aromatic heterocycles. The van der Waals surface area contributed by atoms with Crippen LogP contribution in [0.5, 0.6) is 0 Å². The van der Waals surface area contributed by atoms with Crippen LogP contribution in [0, 0.1) is 0 Å². The van der Waals surface area contributed by atoms with Gasteiger partial charge < -0.3 is 16.0 Å². The lowest BCUT2D eigenvalue weighted by Gasteiger charge is -2.05. The molecule has 14 heavy (non-hydrogen) atoms. The Kier molecular flexibility index (Phi) is 3.64. The van der Waals surface area contributed by atoms with Crippen molar-refractivity contribution in [3.63, 3.8) is 0 Å². The Balaban J connectivity index is 3.06. The molecular weight excluding hydrogens is 178 g/mol. The van der Waals surface area contributed by atoms with Crippen molar-refractivity contribution in [1.82, 2.24) is 9.55 Å². The molecule has 1 atom stereocenters. The van der Waals surface area contributed by atoms with E-state index in [1.165, 1.54) is 6.34 Å². The first kappa shape index (κ1) is 10.7. The quantitative estimate of drug-likeness (QED) is 0.554. The molecule has 1 heterocycles. The van der Waals surface area contributed by atoms with Crippen molar-refractivity contribution in [2.24, 2.45) is 16.5 Å². The van der Waals surface area contributed by atoms with Gasteiger partial charge in [-0.2, -0.15) is 0 Å². The molecule has 0 aliphatic carbocycles. The highest BCUT2D eigenvalue weighted by molar-refractivity contribution is 5.58. The van der Waals surface area contributed by atoms with Crippen molar-refractivity contribution in [1.29, 1.82) is 0 Å². The highest BCUT2D eigenvalue weighted by Crippen LogP contribution is 2.22. The van der Waals surface area contributed by atoms with E-state index in [0.717, 1.165) is 24.5 Å². The highest BCUT2D eigenvalue weighted by atomic mass is 15.1. The van der Waals surface area contributed by atoms with Crippen LogP contribution in [-0.4, -0.2) is 15.9 Å². The first-order chi connectivity index (χ1) is 6.70. The van der Waals surface area contributed by atoms with E-state index in [0.29, 0.717) is 0 Å². The number of aliphatic imine (C=N–C) groups is 1. The van der Waals surface area contributed by atoms with Crippen molar-refractivity contribution >= 4 is 12.2 Å². The topological polar surface area (TPSA) is 82.2 Å². The molecule has 5 heteroatoms. The van der Waals surface area contributed by atoms with Gasteiger partial charge in [0.05, 0.1) is 12.7 Å². The van der Waals surface area contributed by atoms with E-state index >= 15 is 0 Å². The maximum Gasteiger partial charge on any atom is 0.158 e. The molecule has 4 N–H and O–H groups in total. The number of rotatable bonds is 4. The standard InChI is InChI=1S/C9H17N5/c1-3-4-14-6-13-8(7(2)11)9(14)12-5-10/h5-7H,3-4,11H2,1-2H3,(H2,10,12). The van der Waals surface area contributed by atoms with Gasteiger partial charge in [-0.1, -0.05) is 6.92 Å². The SMILES string of the molecule is CCCn1cnc(C(C)N)c1N=CN. The van der Waals surface area contributed by atoms with E-state index in [9.17, 15) is 0 Å². The maximum absolute atomic E-state index is 5.76. The summed E-state index contributed by atoms with van der Waals surface area (Å²) in [7, 11) is 0. The average molecular weight is 195 g/mol. The summed E-state index contributed by atoms with van der Waals surface area (Å²) in [5.74, 6) is 0.768. The van der Waals surface area contributed by atoms with Gasteiger partial charge in [-0.25, -0.2) is 9.98 Å². The van der Waals surface area contributed by atoms with Gasteiger partial charge in [-0.3, -0.25) is 0 Å². The molecule has 1 unspecified atom stereocenters. The third kappa shape index (κ3) is 2.11. The number of aryl methyl sites for hydroxylation is 1. The average Bonchev–Trinajstić information content (AvgIpc) is 2.50. The van der Waals surface area contributed by atoms with Crippen LogP contribution in [0.15, 0.2) is 11.3 Å². The van der Waals surface area contributed by atoms with Gasteiger partial charge >= 0.3 is 0 Å². The maximum atomic E-state index is 5.76. The molecule has 0 radical (unpaired) electrons. The molecule has 0 aromatic carbocycles. The molecule has 0 aliphatic heterocycles. The van der Waals surface area contributed by atoms with E-state index in [1.54, 1.807) is 6.33 Å². The molecule has 0 spiro atoms. The van der Waals surface area contributed by atoms with Crippen LogP contribution in [0.2, 0.25) is 0 Å². The Labute approximate surface area is 83.8 Å². The molecule has 5 nitrogen and oxygen atoms in total. The van der Waals surface area contributed by atoms with Gasteiger partial charge in [0.1, 0.15) is 5.69 Å². The van der Waals surface area contributed by atoms with Crippen molar-refractivity contribution < 1.29 is 0 Å². The van der Waals surface area contributed by atoms with Gasteiger partial charge in [-0.15, -0.1) is 0 Å². The summed E-state index contributed by atoms with van der Waals surface area (Å²) < 4.78 is 1.96. The van der Waals surface area contributed by atoms with Gasteiger partial charge in [0.2, 0.25) is 0 Å². The van der Waals surface area contributed by atoms with Crippen LogP contribution in [0.3, 0.4) is 0 Å². The summed E-state index contributed by atoms with van der Waals surface area (Å²) in [4.78, 5) is 8.30. The fraction of sp³-hybridized carbons (Fsp3) is 0.556. The van der Waals surface area contributed by atoms with Gasteiger partial charge in [0.15, 0.2) is 5.82 Å². The summed E-state index contributed by atoms with van der Waals surface area (Å²) in [6.45, 7) is 4.86. The molecule has 1 aromatic rings. The predicted octanol–water partition coefficient (Wildman–Crippen LogP) is 0.931. The van der Waals surface area contributed by atoms with Crippen LogP contribution in [0.1, 0.15) is 32.0 Å². The van der Waals surface area contributed by atoms with Crippen molar-refractivity contribution in [3.05, 3.63) is 12.0 Å². The van der Waals surface area contributed by atoms with Gasteiger partial charge in [-0.05, 0) is 13.3 Å². The minimum atomic E-state index is -0.119. The Bertz CT molecular complexity index is 313. The van der Waals surface area contributed by atoms with Gasteiger partial charge in [0.25, 0.3) is 0 Å². The van der Waals surface area contributed by atoms with Crippen LogP contribution in [0.4, 0.5) is 5.82 Å². The molecular formula is C9H17N5. The third-order valence-corrected chi connectivity index (χ3v) is 1.93. The molecule has 78 valence electrons. The molecule has 0 saturated heterocycles. The molecule has 0 amide bonds. The van der Waals surface area contributed by atoms with Crippen molar-refractivity contribution in [3.8, 4) is 0 Å². The molecule has 0 bridgehead atoms. The van der Waals surface area contributed by atoms with E-state index in [2.05, 4.69) is 16.9 Å². The molecule has 0 saturated carbocycles. The highest BCUT2D eigenvalue weighted by Gasteiger charge is 2.12. The van der Waals surface area contributed by atoms with Crippen LogP contribution in [0.25, 0.3) is 0 Å². The Morgan fingerprint density at radius 2 is 2.43 bits per heavy atom. The number of hydrogen-bond acceptors (Lipinski definition) is 3. The van der Waals surface area contributed by atoms with E-state index in [-0.39, 0.29) is 6.04 Å². The summed E-state index contributed by atoms with van der Waals surface area (Å²) >= 11 is 0. The number of imidazole rings is 1. The third-order valence-electron chi connectivity index (χ3n) is 1.93. The summed E-state index contributed by atoms with van der Waals surface area (Å²) in [6, 6.07) is -0.119. The van der Waals surface area contributed by atoms with Crippen LogP contribution in [-0.2, 0) is 6.54 Å². The Hall–Kier alpha value is -1.36. The first-order valence-electron chi connectivity index (χ1n) is 4.75. The zero-order valence-electron chi connectivity index (χ0n) is 8.64. The lowest BCUT2D eigenvalue weighted by molar-refractivity contribution is 0.679. The van der Waals surface area contributed by atoms with E-state index < -0.39 is 0 Å². The monoisotopic (exact) mass is 195 g/mol. The zero-order valence-corrected chi connectivity index (χ0v) is 8.64. The van der Waals surface area contributed by atoms with Crippen LogP contribution < -0.4 is 11.5 Å². The summed E-state index contributed by atoms with van der Waals surface area (Å²) in [5.41, 5.74) is 11.8. The largest absolute Gasteiger partial charge is 0.390 e. The fourth-order valence-electron chi connectivity index (χ4n) is 1.33. The summed E-state index contributed by atoms with van der Waals surface area (Å²) in [5, 5.41) is 0. The number of nitrogens with zero attached hydrogens (tertiary/aromatic N) is 3. The summed E-state index contributed by atoms with van der Waals surface area (Å²) in [6.07, 6.45) is 4.06. The van der Waals surface area contributed by atoms with E-state index in [4.69, 9.17) is 11.5 Å². The normalized spacial score (nSPS) is 13.6. The minimum absolute atomic E-state index is 0.119. The molecule has 0 aliphatic rings. The first-order valence-corrected chi connectivity index (χ1v) is 4.75. The Morgan fingerprint density at radius 1 is 1.71 bits per heavy atom. The molecule has 0 fully saturated rings. The second-order valence-electron chi connectivity index (χ2n) is 3.21. The second kappa shape index (κ2) is 4.76. The Morgan fingerprint density at radius 3 is 2.93 bits per heavy atom. The minimum Gasteiger partial charge on any atom is -0.390 e.